The Hall–Kier alpha value is -2.64. The summed E-state index contributed by atoms with van der Waals surface area (Å²) >= 11 is 9.63. The van der Waals surface area contributed by atoms with Gasteiger partial charge in [0.05, 0.1) is 11.4 Å². The molecular weight excluding hydrogens is 434 g/mol. The second-order valence-corrected chi connectivity index (χ2v) is 6.90. The molecule has 0 unspecified atom stereocenters. The van der Waals surface area contributed by atoms with Crippen LogP contribution in [0.5, 0.6) is 0 Å². The van der Waals surface area contributed by atoms with Gasteiger partial charge >= 0.3 is 5.97 Å². The molecule has 0 fully saturated rings. The molecule has 1 amide bonds. The lowest BCUT2D eigenvalue weighted by atomic mass is 10.2. The van der Waals surface area contributed by atoms with Crippen LogP contribution >= 0.6 is 27.5 Å². The average molecular weight is 449 g/mol. The van der Waals surface area contributed by atoms with Crippen molar-refractivity contribution in [1.29, 1.82) is 0 Å². The molecule has 0 atom stereocenters. The number of hydrogen-bond acceptors (Lipinski definition) is 4. The molecule has 0 saturated carbocycles. The highest BCUT2D eigenvalue weighted by molar-refractivity contribution is 9.10. The van der Waals surface area contributed by atoms with Crippen molar-refractivity contribution in [2.24, 2.45) is 0 Å². The van der Waals surface area contributed by atoms with Crippen LogP contribution in [0.25, 0.3) is 5.69 Å². The van der Waals surface area contributed by atoms with Crippen molar-refractivity contribution in [2.45, 2.75) is 6.92 Å². The first-order chi connectivity index (χ1) is 13.0. The summed E-state index contributed by atoms with van der Waals surface area (Å²) in [6, 6.07) is 16.2. The van der Waals surface area contributed by atoms with Crippen LogP contribution in [-0.4, -0.2) is 28.3 Å². The smallest absolute Gasteiger partial charge is 0.343 e. The third-order valence-corrected chi connectivity index (χ3v) is 4.55. The number of nitrogens with one attached hydrogen (secondary N) is 1. The van der Waals surface area contributed by atoms with Gasteiger partial charge in [0.1, 0.15) is 10.7 Å². The van der Waals surface area contributed by atoms with Gasteiger partial charge in [0.2, 0.25) is 0 Å². The van der Waals surface area contributed by atoms with Crippen molar-refractivity contribution in [3.8, 4) is 5.69 Å². The second-order valence-electron chi connectivity index (χ2n) is 5.63. The fourth-order valence-corrected chi connectivity index (χ4v) is 3.02. The maximum absolute atomic E-state index is 12.4. The minimum atomic E-state index is -0.703. The highest BCUT2D eigenvalue weighted by atomic mass is 79.9. The molecule has 27 heavy (non-hydrogen) atoms. The Bertz CT molecular complexity index is 972. The van der Waals surface area contributed by atoms with Gasteiger partial charge in [0, 0.05) is 10.2 Å². The van der Waals surface area contributed by atoms with Crippen LogP contribution in [-0.2, 0) is 9.53 Å². The van der Waals surface area contributed by atoms with Gasteiger partial charge in [0.25, 0.3) is 5.91 Å². The first-order valence-corrected chi connectivity index (χ1v) is 9.16. The molecule has 3 rings (SSSR count). The Morgan fingerprint density at radius 2 is 1.81 bits per heavy atom. The molecule has 0 spiro atoms. The SMILES string of the molecule is Cc1nn(-c2ccccc2)c(Cl)c1C(=O)OCC(=O)Nc1ccc(Br)cc1. The van der Waals surface area contributed by atoms with Crippen molar-refractivity contribution in [2.75, 3.05) is 11.9 Å². The minimum Gasteiger partial charge on any atom is -0.452 e. The Labute approximate surface area is 169 Å². The normalized spacial score (nSPS) is 10.5. The molecule has 1 N–H and O–H groups in total. The van der Waals surface area contributed by atoms with Gasteiger partial charge in [-0.1, -0.05) is 45.7 Å². The summed E-state index contributed by atoms with van der Waals surface area (Å²) < 4.78 is 7.45. The summed E-state index contributed by atoms with van der Waals surface area (Å²) in [6.45, 7) is 1.23. The molecule has 0 radical (unpaired) electrons. The summed E-state index contributed by atoms with van der Waals surface area (Å²) in [7, 11) is 0. The summed E-state index contributed by atoms with van der Waals surface area (Å²) in [5, 5.41) is 7.07. The number of rotatable bonds is 5. The lowest BCUT2D eigenvalue weighted by Crippen LogP contribution is -2.21. The number of anilines is 1. The third-order valence-electron chi connectivity index (χ3n) is 3.67. The lowest BCUT2D eigenvalue weighted by molar-refractivity contribution is -0.119. The number of esters is 1. The lowest BCUT2D eigenvalue weighted by Gasteiger charge is -2.07. The fourth-order valence-electron chi connectivity index (χ4n) is 2.40. The van der Waals surface area contributed by atoms with E-state index in [4.69, 9.17) is 16.3 Å². The van der Waals surface area contributed by atoms with Crippen LogP contribution in [0.3, 0.4) is 0 Å². The van der Waals surface area contributed by atoms with E-state index >= 15 is 0 Å². The number of carbonyl (C=O) groups excluding carboxylic acids is 2. The molecule has 0 saturated heterocycles. The zero-order valence-electron chi connectivity index (χ0n) is 14.3. The number of halogens is 2. The van der Waals surface area contributed by atoms with Crippen LogP contribution in [0.2, 0.25) is 5.15 Å². The zero-order valence-corrected chi connectivity index (χ0v) is 16.6. The molecule has 138 valence electrons. The number of aromatic nitrogens is 2. The topological polar surface area (TPSA) is 73.2 Å². The first-order valence-electron chi connectivity index (χ1n) is 7.99. The van der Waals surface area contributed by atoms with E-state index in [0.717, 1.165) is 10.2 Å². The van der Waals surface area contributed by atoms with E-state index in [1.165, 1.54) is 4.68 Å². The van der Waals surface area contributed by atoms with E-state index in [9.17, 15) is 9.59 Å². The predicted molar refractivity (Wildman–Crippen MR) is 106 cm³/mol. The molecule has 0 aliphatic heterocycles. The molecule has 1 heterocycles. The van der Waals surface area contributed by atoms with Crippen LogP contribution < -0.4 is 5.32 Å². The number of aryl methyl sites for hydroxylation is 1. The Kier molecular flexibility index (Phi) is 5.93. The standard InChI is InChI=1S/C19H15BrClN3O3/c1-12-17(18(21)24(23-12)15-5-3-2-4-6-15)19(26)27-11-16(25)22-14-9-7-13(20)8-10-14/h2-10H,11H2,1H3,(H,22,25). The molecule has 2 aromatic carbocycles. The van der Waals surface area contributed by atoms with Gasteiger partial charge in [-0.25, -0.2) is 9.48 Å². The van der Waals surface area contributed by atoms with Crippen molar-refractivity contribution in [3.05, 3.63) is 75.5 Å². The van der Waals surface area contributed by atoms with Crippen molar-refractivity contribution < 1.29 is 14.3 Å². The number of amides is 1. The summed E-state index contributed by atoms with van der Waals surface area (Å²) in [6.07, 6.45) is 0. The highest BCUT2D eigenvalue weighted by Gasteiger charge is 2.23. The number of ether oxygens (including phenoxy) is 1. The molecule has 0 aliphatic rings. The molecule has 0 aliphatic carbocycles. The third kappa shape index (κ3) is 4.56. The highest BCUT2D eigenvalue weighted by Crippen LogP contribution is 2.24. The number of hydrogen-bond donors (Lipinski definition) is 1. The second kappa shape index (κ2) is 8.37. The van der Waals surface area contributed by atoms with E-state index in [2.05, 4.69) is 26.3 Å². The van der Waals surface area contributed by atoms with E-state index in [1.807, 2.05) is 30.3 Å². The Balaban J connectivity index is 1.67. The quantitative estimate of drug-likeness (QED) is 0.588. The van der Waals surface area contributed by atoms with Crippen LogP contribution in [0.1, 0.15) is 16.1 Å². The first kappa shape index (κ1) is 19.1. The molecule has 0 bridgehead atoms. The number of nitrogens with zero attached hydrogens (tertiary/aromatic N) is 2. The van der Waals surface area contributed by atoms with Crippen LogP contribution in [0.15, 0.2) is 59.1 Å². The Morgan fingerprint density at radius 3 is 2.48 bits per heavy atom. The monoisotopic (exact) mass is 447 g/mol. The van der Waals surface area contributed by atoms with E-state index in [0.29, 0.717) is 11.4 Å². The van der Waals surface area contributed by atoms with Crippen molar-refractivity contribution >= 4 is 45.1 Å². The van der Waals surface area contributed by atoms with Crippen molar-refractivity contribution in [1.82, 2.24) is 9.78 Å². The molecule has 1 aromatic heterocycles. The molecular formula is C19H15BrClN3O3. The van der Waals surface area contributed by atoms with E-state index in [-0.39, 0.29) is 10.7 Å². The number of para-hydroxylation sites is 1. The molecule has 8 heteroatoms. The van der Waals surface area contributed by atoms with E-state index in [1.54, 1.807) is 31.2 Å². The van der Waals surface area contributed by atoms with Crippen LogP contribution in [0, 0.1) is 6.92 Å². The fraction of sp³-hybridized carbons (Fsp3) is 0.105. The van der Waals surface area contributed by atoms with Gasteiger partial charge in [-0.05, 0) is 43.3 Å². The van der Waals surface area contributed by atoms with Crippen molar-refractivity contribution in [3.63, 3.8) is 0 Å². The van der Waals surface area contributed by atoms with Gasteiger partial charge in [-0.3, -0.25) is 4.79 Å². The van der Waals surface area contributed by atoms with Gasteiger partial charge in [-0.2, -0.15) is 5.10 Å². The number of carbonyl (C=O) groups is 2. The van der Waals surface area contributed by atoms with E-state index < -0.39 is 18.5 Å². The summed E-state index contributed by atoms with van der Waals surface area (Å²) in [5.74, 6) is -1.15. The maximum atomic E-state index is 12.4. The summed E-state index contributed by atoms with van der Waals surface area (Å²) in [4.78, 5) is 24.4. The van der Waals surface area contributed by atoms with Gasteiger partial charge in [0.15, 0.2) is 6.61 Å². The van der Waals surface area contributed by atoms with Gasteiger partial charge in [-0.15, -0.1) is 0 Å². The zero-order chi connectivity index (χ0) is 19.4. The molecule has 6 nitrogen and oxygen atoms in total. The largest absolute Gasteiger partial charge is 0.452 e. The van der Waals surface area contributed by atoms with Gasteiger partial charge < -0.3 is 10.1 Å². The van der Waals surface area contributed by atoms with Crippen LogP contribution in [0.4, 0.5) is 5.69 Å². The summed E-state index contributed by atoms with van der Waals surface area (Å²) in [5.41, 5.74) is 1.88. The average Bonchev–Trinajstić information content (AvgIpc) is 2.97. The predicted octanol–water partition coefficient (Wildman–Crippen LogP) is 4.39. The molecule has 3 aromatic rings. The number of benzene rings is 2. The Morgan fingerprint density at radius 1 is 1.15 bits per heavy atom. The maximum Gasteiger partial charge on any atom is 0.343 e. The minimum absolute atomic E-state index is 0.136.